The summed E-state index contributed by atoms with van der Waals surface area (Å²) in [5.74, 6) is 6.65. The number of likely N-dealkylation sites (tertiary alicyclic amines) is 1. The molecule has 2 aliphatic heterocycles. The van der Waals surface area contributed by atoms with Gasteiger partial charge in [-0.05, 0) is 49.4 Å². The fourth-order valence-corrected chi connectivity index (χ4v) is 7.86. The van der Waals surface area contributed by atoms with E-state index < -0.39 is 17.1 Å². The minimum Gasteiger partial charge on any atom is -0.493 e. The molecule has 1 amide bonds. The predicted molar refractivity (Wildman–Crippen MR) is 147 cm³/mol. The molecule has 202 valence electrons. The van der Waals surface area contributed by atoms with Crippen LogP contribution in [0.2, 0.25) is 0 Å². The Morgan fingerprint density at radius 2 is 2.03 bits per heavy atom. The summed E-state index contributed by atoms with van der Waals surface area (Å²) in [6, 6.07) is 13.3. The second-order valence-corrected chi connectivity index (χ2v) is 11.0. The van der Waals surface area contributed by atoms with Gasteiger partial charge in [0.25, 0.3) is 5.91 Å². The first-order chi connectivity index (χ1) is 18.9. The van der Waals surface area contributed by atoms with Crippen LogP contribution in [0, 0.1) is 11.8 Å². The Labute approximate surface area is 229 Å². The third kappa shape index (κ3) is 3.61. The van der Waals surface area contributed by atoms with Gasteiger partial charge in [-0.15, -0.1) is 6.58 Å². The number of likely N-dealkylation sites (N-methyl/N-ethyl adjacent to an activating group) is 1. The summed E-state index contributed by atoms with van der Waals surface area (Å²) >= 11 is 0. The van der Waals surface area contributed by atoms with Crippen molar-refractivity contribution in [1.82, 2.24) is 9.80 Å². The number of amides is 1. The van der Waals surface area contributed by atoms with Crippen molar-refractivity contribution in [3.8, 4) is 23.3 Å². The first-order valence-electron chi connectivity index (χ1n) is 13.6. The lowest BCUT2D eigenvalue weighted by molar-refractivity contribution is -0.222. The van der Waals surface area contributed by atoms with Crippen LogP contribution in [0.15, 0.2) is 55.1 Å². The summed E-state index contributed by atoms with van der Waals surface area (Å²) in [6.07, 6.45) is 4.23. The zero-order chi connectivity index (χ0) is 27.4. The first-order valence-corrected chi connectivity index (χ1v) is 13.6. The van der Waals surface area contributed by atoms with E-state index in [1.165, 1.54) is 12.5 Å². The lowest BCUT2D eigenvalue weighted by Crippen LogP contribution is -2.79. The Hall–Kier alpha value is -3.76. The number of ether oxygens (including phenoxy) is 3. The van der Waals surface area contributed by atoms with E-state index in [4.69, 9.17) is 14.2 Å². The van der Waals surface area contributed by atoms with E-state index in [0.717, 1.165) is 36.3 Å². The van der Waals surface area contributed by atoms with E-state index >= 15 is 0 Å². The maximum Gasteiger partial charge on any atom is 0.303 e. The SMILES string of the molecule is C=CCN1CC[C@]23c4c5ccc(OC)c4O[C@H]2[C@H](N(C)C(=O)C#Cc2ccccc2)CC[C@@]3(OC(C)=O)[C@H]1C5. The Bertz CT molecular complexity index is 1390. The van der Waals surface area contributed by atoms with Crippen LogP contribution in [-0.2, 0) is 26.2 Å². The van der Waals surface area contributed by atoms with Crippen molar-refractivity contribution < 1.29 is 23.8 Å². The highest BCUT2D eigenvalue weighted by Crippen LogP contribution is 2.67. The van der Waals surface area contributed by atoms with Crippen molar-refractivity contribution in [1.29, 1.82) is 0 Å². The van der Waals surface area contributed by atoms with Gasteiger partial charge in [-0.1, -0.05) is 36.3 Å². The molecule has 1 spiro atoms. The molecule has 0 radical (unpaired) electrons. The number of nitrogens with zero attached hydrogens (tertiary/aromatic N) is 2. The van der Waals surface area contributed by atoms with E-state index in [0.29, 0.717) is 25.1 Å². The van der Waals surface area contributed by atoms with Crippen LogP contribution in [0.3, 0.4) is 0 Å². The van der Waals surface area contributed by atoms with Crippen LogP contribution in [-0.4, -0.2) is 72.7 Å². The van der Waals surface area contributed by atoms with Crippen molar-refractivity contribution in [2.45, 2.75) is 61.8 Å². The van der Waals surface area contributed by atoms with Crippen LogP contribution in [0.4, 0.5) is 0 Å². The molecule has 2 aromatic rings. The van der Waals surface area contributed by atoms with Gasteiger partial charge in [0.15, 0.2) is 11.5 Å². The van der Waals surface area contributed by atoms with Crippen molar-refractivity contribution in [3.05, 3.63) is 71.8 Å². The number of piperidine rings is 1. The van der Waals surface area contributed by atoms with E-state index in [9.17, 15) is 9.59 Å². The van der Waals surface area contributed by atoms with Crippen LogP contribution in [0.5, 0.6) is 11.5 Å². The molecule has 2 bridgehead atoms. The minimum atomic E-state index is -0.786. The molecule has 2 fully saturated rings. The lowest BCUT2D eigenvalue weighted by atomic mass is 9.48. The highest BCUT2D eigenvalue weighted by molar-refractivity contribution is 5.94. The average molecular weight is 527 g/mol. The number of carbonyl (C=O) groups is 2. The van der Waals surface area contributed by atoms with Crippen LogP contribution in [0.25, 0.3) is 0 Å². The maximum atomic E-state index is 13.4. The van der Waals surface area contributed by atoms with E-state index in [-0.39, 0.29) is 24.0 Å². The number of carbonyl (C=O) groups excluding carboxylic acids is 2. The lowest BCUT2D eigenvalue weighted by Gasteiger charge is -2.65. The molecule has 2 aliphatic carbocycles. The second-order valence-electron chi connectivity index (χ2n) is 11.0. The summed E-state index contributed by atoms with van der Waals surface area (Å²) in [4.78, 5) is 30.3. The molecule has 0 aromatic heterocycles. The Balaban J connectivity index is 1.47. The standard InChI is InChI=1S/C32H34N2O5/c1-5-18-34-19-17-31-28-23-12-13-25(37-4)29(28)38-30(31)24(15-16-32(31,26(34)20-23)39-21(2)35)33(3)27(36)14-11-22-9-7-6-8-10-22/h5-10,12-13,24,26,30H,1,15-20H2,2-4H3/t24-,26-,30+,31+,32-/m1/s1. The molecule has 4 aliphatic rings. The monoisotopic (exact) mass is 526 g/mol. The number of rotatable bonds is 5. The third-order valence-corrected chi connectivity index (χ3v) is 9.30. The van der Waals surface area contributed by atoms with Crippen LogP contribution in [0.1, 0.15) is 42.9 Å². The van der Waals surface area contributed by atoms with Gasteiger partial charge >= 0.3 is 5.97 Å². The van der Waals surface area contributed by atoms with E-state index in [1.54, 1.807) is 19.1 Å². The van der Waals surface area contributed by atoms with Gasteiger partial charge < -0.3 is 19.1 Å². The molecule has 2 aromatic carbocycles. The van der Waals surface area contributed by atoms with Gasteiger partial charge in [-0.2, -0.15) is 0 Å². The Morgan fingerprint density at radius 1 is 1.23 bits per heavy atom. The van der Waals surface area contributed by atoms with Crippen LogP contribution < -0.4 is 9.47 Å². The highest BCUT2D eigenvalue weighted by atomic mass is 16.6. The summed E-state index contributed by atoms with van der Waals surface area (Å²) in [5.41, 5.74) is 1.67. The van der Waals surface area contributed by atoms with Gasteiger partial charge in [-0.3, -0.25) is 14.5 Å². The first kappa shape index (κ1) is 25.5. The molecule has 5 atom stereocenters. The van der Waals surface area contributed by atoms with E-state index in [2.05, 4.69) is 29.4 Å². The largest absolute Gasteiger partial charge is 0.493 e. The van der Waals surface area contributed by atoms with Crippen molar-refractivity contribution in [2.24, 2.45) is 0 Å². The number of hydrogen-bond acceptors (Lipinski definition) is 6. The average Bonchev–Trinajstić information content (AvgIpc) is 3.28. The second kappa shape index (κ2) is 9.46. The van der Waals surface area contributed by atoms with Gasteiger partial charge in [0.1, 0.15) is 11.7 Å². The maximum absolute atomic E-state index is 13.4. The smallest absolute Gasteiger partial charge is 0.303 e. The third-order valence-electron chi connectivity index (χ3n) is 9.30. The Kier molecular flexibility index (Phi) is 6.19. The quantitative estimate of drug-likeness (QED) is 0.338. The summed E-state index contributed by atoms with van der Waals surface area (Å²) in [6.45, 7) is 7.00. The minimum absolute atomic E-state index is 0.0223. The number of esters is 1. The summed E-state index contributed by atoms with van der Waals surface area (Å²) in [7, 11) is 3.45. The normalized spacial score (nSPS) is 29.7. The fraction of sp³-hybridized carbons (Fsp3) is 0.438. The molecule has 2 heterocycles. The number of hydrogen-bond donors (Lipinski definition) is 0. The van der Waals surface area contributed by atoms with Crippen molar-refractivity contribution >= 4 is 11.9 Å². The fourth-order valence-electron chi connectivity index (χ4n) is 7.86. The molecular weight excluding hydrogens is 492 g/mol. The number of methoxy groups -OCH3 is 1. The van der Waals surface area contributed by atoms with Crippen molar-refractivity contribution in [2.75, 3.05) is 27.2 Å². The molecule has 1 saturated carbocycles. The molecule has 0 N–H and O–H groups in total. The number of benzene rings is 2. The molecule has 1 saturated heterocycles. The zero-order valence-corrected chi connectivity index (χ0v) is 22.7. The summed E-state index contributed by atoms with van der Waals surface area (Å²) in [5, 5.41) is 0. The van der Waals surface area contributed by atoms with Gasteiger partial charge in [-0.25, -0.2) is 0 Å². The van der Waals surface area contributed by atoms with Gasteiger partial charge in [0.05, 0.1) is 24.6 Å². The van der Waals surface area contributed by atoms with Gasteiger partial charge in [0.2, 0.25) is 0 Å². The Morgan fingerprint density at radius 3 is 2.74 bits per heavy atom. The summed E-state index contributed by atoms with van der Waals surface area (Å²) < 4.78 is 19.1. The topological polar surface area (TPSA) is 68.3 Å². The molecular formula is C32H34N2O5. The van der Waals surface area contributed by atoms with Crippen molar-refractivity contribution in [3.63, 3.8) is 0 Å². The molecule has 6 rings (SSSR count). The highest BCUT2D eigenvalue weighted by Gasteiger charge is 2.75. The molecule has 7 nitrogen and oxygen atoms in total. The zero-order valence-electron chi connectivity index (χ0n) is 22.7. The molecule has 7 heteroatoms. The van der Waals surface area contributed by atoms with Crippen LogP contribution >= 0.6 is 0 Å². The predicted octanol–water partition coefficient (Wildman–Crippen LogP) is 3.48. The molecule has 39 heavy (non-hydrogen) atoms. The molecule has 0 unspecified atom stereocenters. The van der Waals surface area contributed by atoms with E-state index in [1.807, 2.05) is 42.5 Å². The van der Waals surface area contributed by atoms with Gasteiger partial charge in [0, 0.05) is 44.1 Å².